The van der Waals surface area contributed by atoms with Gasteiger partial charge < -0.3 is 9.13 Å². The lowest BCUT2D eigenvalue weighted by atomic mass is 9.90. The number of rotatable bonds is 48. The van der Waals surface area contributed by atoms with Crippen molar-refractivity contribution >= 4 is 129 Å². The Morgan fingerprint density at radius 3 is 0.940 bits per heavy atom. The molecule has 0 aliphatic heterocycles. The van der Waals surface area contributed by atoms with E-state index in [4.69, 9.17) is 8.75 Å². The Hall–Kier alpha value is -2.04. The van der Waals surface area contributed by atoms with Gasteiger partial charge in [0.1, 0.15) is 11.0 Å². The van der Waals surface area contributed by atoms with Crippen LogP contribution in [-0.2, 0) is 25.9 Å². The molecule has 464 valence electrons. The molecule has 83 heavy (non-hydrogen) atoms. The standard InChI is InChI=1S/C74H118N4S5/c1-9-17-25-31-33-39-47-57(45-37-29-21-13-5)51-77-65-61(71-67(77)73-69(81-71)59(53-79-73)49-55(41-23-15-7)43-35-27-19-11-3)63-64(76-83-75-63)62-66(65)78(52-58(46-38-30-22-14-6)48-40-34-32-26-18-10-2)68-72(62)82-70-60(54-80-74(68)70)50-56(42-24-16-8)44-36-28-20-12-4/h53-58H,9-52H2,1-8H3. The van der Waals surface area contributed by atoms with Crippen LogP contribution in [0.25, 0.3) is 72.1 Å². The second kappa shape index (κ2) is 36.4. The molecule has 1 aromatic carbocycles. The average Bonchev–Trinajstić information content (AvgIpc) is 1.97. The van der Waals surface area contributed by atoms with Crippen molar-refractivity contribution in [2.24, 2.45) is 23.7 Å². The summed E-state index contributed by atoms with van der Waals surface area (Å²) >= 11 is 10.0. The van der Waals surface area contributed by atoms with Crippen LogP contribution in [0.4, 0.5) is 0 Å². The maximum absolute atomic E-state index is 5.50. The number of aromatic nitrogens is 4. The number of benzene rings is 1. The lowest BCUT2D eigenvalue weighted by Gasteiger charge is -2.22. The van der Waals surface area contributed by atoms with Crippen molar-refractivity contribution in [2.75, 3.05) is 0 Å². The van der Waals surface area contributed by atoms with Crippen molar-refractivity contribution in [3.8, 4) is 0 Å². The molecular weight excluding hydrogens is 1110 g/mol. The van der Waals surface area contributed by atoms with E-state index in [1.165, 1.54) is 324 Å². The van der Waals surface area contributed by atoms with Gasteiger partial charge in [0.2, 0.25) is 0 Å². The van der Waals surface area contributed by atoms with Gasteiger partial charge in [0, 0.05) is 23.9 Å². The third-order valence-corrected chi connectivity index (χ3v) is 25.1. The molecule has 0 N–H and O–H groups in total. The molecule has 4 atom stereocenters. The van der Waals surface area contributed by atoms with E-state index in [-0.39, 0.29) is 0 Å². The fourth-order valence-corrected chi connectivity index (χ4v) is 20.8. The lowest BCUT2D eigenvalue weighted by molar-refractivity contribution is 0.363. The molecule has 8 aromatic rings. The SMILES string of the molecule is CCCCCCCCC(CCCCCC)Cn1c2c3scc(CC(CCCC)CCCCCC)c3sc2c2c3nsnc3c3c4sc5c(CC(CCCC)CCCCCC)csc5c4n(CC(CCCCCC)CCCCCCCC)c3c21. The molecule has 0 saturated heterocycles. The Kier molecular flexibility index (Phi) is 29.4. The Morgan fingerprint density at radius 2 is 0.602 bits per heavy atom. The number of unbranched alkanes of at least 4 members (excludes halogenated alkanes) is 24. The van der Waals surface area contributed by atoms with Crippen LogP contribution < -0.4 is 0 Å². The molecule has 9 heteroatoms. The van der Waals surface area contributed by atoms with Gasteiger partial charge in [-0.05, 0) is 84.1 Å². The zero-order valence-electron chi connectivity index (χ0n) is 54.4. The first kappa shape index (κ1) is 66.9. The maximum Gasteiger partial charge on any atom is 0.116 e. The molecule has 7 aromatic heterocycles. The van der Waals surface area contributed by atoms with Crippen LogP contribution in [0.3, 0.4) is 0 Å². The van der Waals surface area contributed by atoms with Gasteiger partial charge in [-0.25, -0.2) is 0 Å². The summed E-state index contributed by atoms with van der Waals surface area (Å²) in [5.74, 6) is 2.86. The van der Waals surface area contributed by atoms with Crippen molar-refractivity contribution in [3.63, 3.8) is 0 Å². The Morgan fingerprint density at radius 1 is 0.313 bits per heavy atom. The van der Waals surface area contributed by atoms with Crippen molar-refractivity contribution in [1.29, 1.82) is 0 Å². The number of thiophene rings is 4. The third-order valence-electron chi connectivity index (χ3n) is 19.7. The Bertz CT molecular complexity index is 2850. The molecule has 8 rings (SSSR count). The van der Waals surface area contributed by atoms with E-state index in [2.05, 4.69) is 121 Å². The van der Waals surface area contributed by atoms with Crippen molar-refractivity contribution in [3.05, 3.63) is 21.9 Å². The summed E-state index contributed by atoms with van der Waals surface area (Å²) < 4.78 is 26.4. The highest BCUT2D eigenvalue weighted by atomic mass is 32.1. The fourth-order valence-electron chi connectivity index (χ4n) is 14.8. The molecular formula is C74H118N4S5. The van der Waals surface area contributed by atoms with Gasteiger partial charge in [-0.2, -0.15) is 8.75 Å². The van der Waals surface area contributed by atoms with Gasteiger partial charge in [0.05, 0.1) is 62.0 Å². The molecule has 0 radical (unpaired) electrons. The van der Waals surface area contributed by atoms with E-state index in [1.807, 2.05) is 0 Å². The van der Waals surface area contributed by atoms with Gasteiger partial charge in [0.15, 0.2) is 0 Å². The topological polar surface area (TPSA) is 35.6 Å². The Balaban J connectivity index is 1.36. The smallest absolute Gasteiger partial charge is 0.116 e. The van der Waals surface area contributed by atoms with E-state index in [1.54, 1.807) is 41.0 Å². The quantitative estimate of drug-likeness (QED) is 0.0356. The normalized spacial score (nSPS) is 14.0. The highest BCUT2D eigenvalue weighted by molar-refractivity contribution is 7.34. The summed E-state index contributed by atoms with van der Waals surface area (Å²) in [6.45, 7) is 21.2. The monoisotopic (exact) mass is 1220 g/mol. The number of fused-ring (bicyclic) bond motifs is 14. The molecule has 7 heterocycles. The lowest BCUT2D eigenvalue weighted by Crippen LogP contribution is -2.14. The summed E-state index contributed by atoms with van der Waals surface area (Å²) in [4.78, 5) is 0. The van der Waals surface area contributed by atoms with Crippen LogP contribution >= 0.6 is 57.1 Å². The van der Waals surface area contributed by atoms with Crippen LogP contribution in [0.5, 0.6) is 0 Å². The van der Waals surface area contributed by atoms with Crippen LogP contribution in [0.2, 0.25) is 0 Å². The maximum atomic E-state index is 5.50. The van der Waals surface area contributed by atoms with E-state index in [0.29, 0.717) is 11.8 Å². The third kappa shape index (κ3) is 17.6. The van der Waals surface area contributed by atoms with Crippen LogP contribution in [0, 0.1) is 23.7 Å². The van der Waals surface area contributed by atoms with Crippen LogP contribution in [-0.4, -0.2) is 17.9 Å². The van der Waals surface area contributed by atoms with E-state index in [9.17, 15) is 0 Å². The van der Waals surface area contributed by atoms with Gasteiger partial charge >= 0.3 is 0 Å². The molecule has 0 bridgehead atoms. The first-order valence-corrected chi connectivity index (χ1v) is 40.0. The van der Waals surface area contributed by atoms with Crippen molar-refractivity contribution < 1.29 is 0 Å². The van der Waals surface area contributed by atoms with Gasteiger partial charge in [-0.3, -0.25) is 0 Å². The second-order valence-corrected chi connectivity index (χ2v) is 31.0. The van der Waals surface area contributed by atoms with Gasteiger partial charge in [-0.1, -0.05) is 287 Å². The molecule has 0 spiro atoms. The first-order valence-electron chi connectivity index (χ1n) is 35.9. The minimum atomic E-state index is 0.657. The van der Waals surface area contributed by atoms with Crippen molar-refractivity contribution in [1.82, 2.24) is 17.9 Å². The zero-order chi connectivity index (χ0) is 58.2. The zero-order valence-corrected chi connectivity index (χ0v) is 58.5. The molecule has 0 aliphatic carbocycles. The largest absolute Gasteiger partial charge is 0.337 e. The highest BCUT2D eigenvalue weighted by Crippen LogP contribution is 2.54. The highest BCUT2D eigenvalue weighted by Gasteiger charge is 2.32. The fraction of sp³-hybridized carbons (Fsp3) is 0.757. The summed E-state index contributed by atoms with van der Waals surface area (Å²) in [6, 6.07) is 0. The summed E-state index contributed by atoms with van der Waals surface area (Å²) in [5.41, 5.74) is 11.8. The van der Waals surface area contributed by atoms with Gasteiger partial charge in [0.25, 0.3) is 0 Å². The molecule has 0 saturated carbocycles. The average molecular weight is 1220 g/mol. The molecule has 4 unspecified atom stereocenters. The number of nitrogens with zero attached hydrogens (tertiary/aromatic N) is 4. The summed E-state index contributed by atoms with van der Waals surface area (Å²) in [7, 11) is 0. The summed E-state index contributed by atoms with van der Waals surface area (Å²) in [6.07, 6.45) is 56.7. The predicted octanol–water partition coefficient (Wildman–Crippen LogP) is 27.8. The van der Waals surface area contributed by atoms with Crippen molar-refractivity contribution in [2.45, 2.75) is 338 Å². The van der Waals surface area contributed by atoms with E-state index >= 15 is 0 Å². The van der Waals surface area contributed by atoms with E-state index < -0.39 is 0 Å². The molecule has 0 fully saturated rings. The Labute approximate surface area is 526 Å². The first-order chi connectivity index (χ1) is 40.9. The van der Waals surface area contributed by atoms with Crippen LogP contribution in [0.15, 0.2) is 10.8 Å². The minimum Gasteiger partial charge on any atom is -0.337 e. The van der Waals surface area contributed by atoms with Crippen LogP contribution in [0.1, 0.15) is 323 Å². The number of hydrogen-bond acceptors (Lipinski definition) is 7. The molecule has 0 amide bonds. The van der Waals surface area contributed by atoms with E-state index in [0.717, 1.165) is 24.9 Å². The number of hydrogen-bond donors (Lipinski definition) is 0. The summed E-state index contributed by atoms with van der Waals surface area (Å²) in [5, 5.41) is 8.15. The predicted molar refractivity (Wildman–Crippen MR) is 381 cm³/mol. The molecule has 0 aliphatic rings. The van der Waals surface area contributed by atoms with Gasteiger partial charge in [-0.15, -0.1) is 45.3 Å². The molecule has 4 nitrogen and oxygen atoms in total. The second-order valence-electron chi connectivity index (χ2n) is 26.7. The minimum absolute atomic E-state index is 0.657.